The molecule has 33 valence electrons. The molecule has 0 spiro atoms. The first-order chi connectivity index (χ1) is 2.91. The van der Waals surface area contributed by atoms with Crippen molar-refractivity contribution in [2.45, 2.75) is 0 Å². The van der Waals surface area contributed by atoms with E-state index in [1.54, 1.807) is 5.92 Å². The van der Waals surface area contributed by atoms with E-state index in [0.29, 0.717) is 0 Å². The summed E-state index contributed by atoms with van der Waals surface area (Å²) in [5.41, 5.74) is 0. The number of hydrogen-bond acceptors (Lipinski definition) is 0. The summed E-state index contributed by atoms with van der Waals surface area (Å²) in [5.74, 6) is 3.63. The van der Waals surface area contributed by atoms with E-state index in [1.165, 1.54) is 0 Å². The molecule has 0 aromatic carbocycles. The lowest BCUT2D eigenvalue weighted by molar-refractivity contribution is 0.572. The number of rotatable bonds is 0. The molecule has 6 heavy (non-hydrogen) atoms. The summed E-state index contributed by atoms with van der Waals surface area (Å²) >= 11 is 0. The van der Waals surface area contributed by atoms with Crippen molar-refractivity contribution < 1.29 is 8.78 Å². The van der Waals surface area contributed by atoms with Crippen LogP contribution in [0.3, 0.4) is 0 Å². The average molecular weight is 89.1 g/mol. The highest BCUT2D eigenvalue weighted by atomic mass is 19.1. The molecule has 0 bridgehead atoms. The molecule has 0 amide bonds. The third-order valence-corrected chi connectivity index (χ3v) is 0.223. The van der Waals surface area contributed by atoms with Crippen LogP contribution in [-0.4, -0.2) is 6.67 Å². The summed E-state index contributed by atoms with van der Waals surface area (Å²) in [6.07, 6.45) is 0. The molecule has 0 nitrogen and oxygen atoms in total. The standard InChI is InChI=1S/C4H3F2/c5-3-1-2-4-6/h3H,4H2. The summed E-state index contributed by atoms with van der Waals surface area (Å²) in [5, 5.41) is 0. The first-order valence-corrected chi connectivity index (χ1v) is 1.38. The Morgan fingerprint density at radius 1 is 1.67 bits per heavy atom. The van der Waals surface area contributed by atoms with Crippen LogP contribution in [0.15, 0.2) is 0 Å². The lowest BCUT2D eigenvalue weighted by Gasteiger charge is -1.60. The molecule has 0 aromatic rings. The number of hydrogen-bond donors (Lipinski definition) is 0. The van der Waals surface area contributed by atoms with Crippen molar-refractivity contribution >= 4 is 0 Å². The van der Waals surface area contributed by atoms with E-state index in [-0.39, 0.29) is 6.67 Å². The van der Waals surface area contributed by atoms with E-state index in [9.17, 15) is 8.78 Å². The van der Waals surface area contributed by atoms with Gasteiger partial charge >= 0.3 is 0 Å². The van der Waals surface area contributed by atoms with Gasteiger partial charge in [0.2, 0.25) is 6.67 Å². The summed E-state index contributed by atoms with van der Waals surface area (Å²) in [6, 6.07) is 0. The first kappa shape index (κ1) is 5.42. The van der Waals surface area contributed by atoms with Gasteiger partial charge in [-0.25, -0.2) is 8.78 Å². The van der Waals surface area contributed by atoms with Crippen LogP contribution in [0, 0.1) is 18.5 Å². The number of halogens is 2. The normalized spacial score (nSPS) is 6.33. The molecular formula is C4H3F2. The Labute approximate surface area is 35.2 Å². The fraction of sp³-hybridized carbons (Fsp3) is 0.250. The van der Waals surface area contributed by atoms with Crippen molar-refractivity contribution in [1.82, 2.24) is 0 Å². The smallest absolute Gasteiger partial charge is 0.203 e. The lowest BCUT2D eigenvalue weighted by atomic mass is 10.6. The molecule has 0 saturated heterocycles. The van der Waals surface area contributed by atoms with Crippen LogP contribution in [0.2, 0.25) is 0 Å². The molecule has 0 heterocycles. The van der Waals surface area contributed by atoms with Crippen molar-refractivity contribution in [1.29, 1.82) is 0 Å². The largest absolute Gasteiger partial charge is 0.237 e. The van der Waals surface area contributed by atoms with Gasteiger partial charge in [-0.1, -0.05) is 11.8 Å². The van der Waals surface area contributed by atoms with Crippen LogP contribution in [0.5, 0.6) is 0 Å². The van der Waals surface area contributed by atoms with Crippen LogP contribution < -0.4 is 0 Å². The lowest BCUT2D eigenvalue weighted by Crippen LogP contribution is -1.58. The van der Waals surface area contributed by atoms with Gasteiger partial charge in [0.05, 0.1) is 0 Å². The maximum Gasteiger partial charge on any atom is 0.203 e. The van der Waals surface area contributed by atoms with Gasteiger partial charge in [0, 0.05) is 0 Å². The van der Waals surface area contributed by atoms with Gasteiger partial charge in [0.25, 0.3) is 0 Å². The first-order valence-electron chi connectivity index (χ1n) is 1.38. The quantitative estimate of drug-likeness (QED) is 0.390. The fourth-order valence-electron chi connectivity index (χ4n) is 0.0772. The average Bonchev–Trinajstić information content (AvgIpc) is 1.61. The van der Waals surface area contributed by atoms with Crippen LogP contribution in [0.1, 0.15) is 0 Å². The minimum atomic E-state index is -0.777. The molecule has 0 fully saturated rings. The van der Waals surface area contributed by atoms with Gasteiger partial charge in [-0.3, -0.25) is 0 Å². The second-order valence-electron chi connectivity index (χ2n) is 0.564. The molecule has 0 rings (SSSR count). The molecule has 1 radical (unpaired) electrons. The van der Waals surface area contributed by atoms with E-state index in [4.69, 9.17) is 0 Å². The van der Waals surface area contributed by atoms with Crippen molar-refractivity contribution in [3.63, 3.8) is 0 Å². The van der Waals surface area contributed by atoms with Crippen LogP contribution >= 0.6 is 0 Å². The molecule has 0 aliphatic carbocycles. The monoisotopic (exact) mass is 89.0 g/mol. The van der Waals surface area contributed by atoms with Crippen molar-refractivity contribution in [3.05, 3.63) is 6.67 Å². The molecule has 0 atom stereocenters. The number of alkyl halides is 1. The highest BCUT2D eigenvalue weighted by Crippen LogP contribution is 1.68. The summed E-state index contributed by atoms with van der Waals surface area (Å²) < 4.78 is 21.5. The molecule has 2 heteroatoms. The predicted molar refractivity (Wildman–Crippen MR) is 19.2 cm³/mol. The van der Waals surface area contributed by atoms with Crippen molar-refractivity contribution in [2.75, 3.05) is 6.67 Å². The fourth-order valence-corrected chi connectivity index (χ4v) is 0.0772. The van der Waals surface area contributed by atoms with Gasteiger partial charge in [-0.2, -0.15) is 0 Å². The van der Waals surface area contributed by atoms with Crippen molar-refractivity contribution in [2.24, 2.45) is 0 Å². The molecule has 0 aromatic heterocycles. The zero-order valence-electron chi connectivity index (χ0n) is 3.04. The zero-order valence-corrected chi connectivity index (χ0v) is 3.04. The highest BCUT2D eigenvalue weighted by Gasteiger charge is 1.62. The van der Waals surface area contributed by atoms with E-state index < -0.39 is 6.67 Å². The van der Waals surface area contributed by atoms with Crippen LogP contribution in [0.4, 0.5) is 8.78 Å². The molecule has 0 aliphatic rings. The molecule has 0 aliphatic heterocycles. The summed E-state index contributed by atoms with van der Waals surface area (Å²) in [6.45, 7) is -0.667. The second-order valence-corrected chi connectivity index (χ2v) is 0.564. The Morgan fingerprint density at radius 3 is 2.50 bits per heavy atom. The van der Waals surface area contributed by atoms with Crippen LogP contribution in [-0.2, 0) is 0 Å². The topological polar surface area (TPSA) is 0 Å². The Bertz CT molecular complexity index is 59.4. The van der Waals surface area contributed by atoms with Gasteiger partial charge in [0.1, 0.15) is 6.67 Å². The highest BCUT2D eigenvalue weighted by molar-refractivity contribution is 5.04. The van der Waals surface area contributed by atoms with Gasteiger partial charge < -0.3 is 0 Å². The van der Waals surface area contributed by atoms with Gasteiger partial charge in [-0.15, -0.1) is 0 Å². The molecular weight excluding hydrogens is 86.0 g/mol. The minimum Gasteiger partial charge on any atom is -0.237 e. The van der Waals surface area contributed by atoms with E-state index >= 15 is 0 Å². The Hall–Kier alpha value is -0.580. The SMILES string of the molecule is F[CH]C#CCF. The Kier molecular flexibility index (Phi) is 3.99. The molecule has 0 unspecified atom stereocenters. The molecule has 0 N–H and O–H groups in total. The minimum absolute atomic E-state index is 0.111. The summed E-state index contributed by atoms with van der Waals surface area (Å²) in [7, 11) is 0. The maximum atomic E-state index is 10.8. The van der Waals surface area contributed by atoms with E-state index in [2.05, 4.69) is 0 Å². The Morgan fingerprint density at radius 2 is 2.33 bits per heavy atom. The second kappa shape index (κ2) is 4.42. The van der Waals surface area contributed by atoms with Gasteiger partial charge in [0.15, 0.2) is 0 Å². The van der Waals surface area contributed by atoms with Crippen molar-refractivity contribution in [3.8, 4) is 11.8 Å². The maximum absolute atomic E-state index is 10.8. The predicted octanol–water partition coefficient (Wildman–Crippen LogP) is 1.09. The zero-order chi connectivity index (χ0) is 4.83. The van der Waals surface area contributed by atoms with Crippen LogP contribution in [0.25, 0.3) is 0 Å². The Balaban J connectivity index is 2.90. The third-order valence-electron chi connectivity index (χ3n) is 0.223. The molecule has 0 saturated carbocycles. The summed E-state index contributed by atoms with van der Waals surface area (Å²) in [4.78, 5) is 0. The van der Waals surface area contributed by atoms with Gasteiger partial charge in [-0.05, 0) is 0 Å². The third kappa shape index (κ3) is 3.42. The van der Waals surface area contributed by atoms with E-state index in [0.717, 1.165) is 0 Å². The van der Waals surface area contributed by atoms with E-state index in [1.807, 2.05) is 5.92 Å².